The van der Waals surface area contributed by atoms with Gasteiger partial charge in [-0.2, -0.15) is 9.97 Å². The number of aromatic nitrogens is 2. The Balaban J connectivity index is 1.60. The van der Waals surface area contributed by atoms with Crippen LogP contribution in [0.3, 0.4) is 0 Å². The van der Waals surface area contributed by atoms with E-state index in [1.165, 1.54) is 5.56 Å². The molecule has 1 atom stereocenters. The van der Waals surface area contributed by atoms with Crippen LogP contribution in [0.1, 0.15) is 25.3 Å². The van der Waals surface area contributed by atoms with Gasteiger partial charge in [0.05, 0.1) is 13.2 Å². The van der Waals surface area contributed by atoms with Crippen LogP contribution in [0.4, 0.5) is 17.6 Å². The molecular formula is C20H27N5O. The second kappa shape index (κ2) is 6.76. The lowest BCUT2D eigenvalue weighted by Crippen LogP contribution is -2.37. The largest absolute Gasteiger partial charge is 0.378 e. The highest BCUT2D eigenvalue weighted by molar-refractivity contribution is 5.55. The van der Waals surface area contributed by atoms with Crippen molar-refractivity contribution in [3.8, 4) is 0 Å². The molecule has 2 aromatic rings. The maximum absolute atomic E-state index is 6.04. The van der Waals surface area contributed by atoms with Crippen molar-refractivity contribution in [1.82, 2.24) is 9.97 Å². The summed E-state index contributed by atoms with van der Waals surface area (Å²) in [5.74, 6) is 2.62. The molecule has 0 aliphatic carbocycles. The molecule has 6 heteroatoms. The van der Waals surface area contributed by atoms with Gasteiger partial charge >= 0.3 is 0 Å². The Morgan fingerprint density at radius 3 is 2.38 bits per heavy atom. The summed E-state index contributed by atoms with van der Waals surface area (Å²) in [7, 11) is 0. The summed E-state index contributed by atoms with van der Waals surface area (Å²) in [4.78, 5) is 13.6. The average molecular weight is 353 g/mol. The summed E-state index contributed by atoms with van der Waals surface area (Å²) in [6, 6.07) is 12.8. The number of anilines is 3. The number of ether oxygens (including phenoxy) is 1. The third-order valence-electron chi connectivity index (χ3n) is 5.52. The van der Waals surface area contributed by atoms with Crippen molar-refractivity contribution in [2.75, 3.05) is 54.9 Å². The molecule has 0 saturated carbocycles. The predicted molar refractivity (Wildman–Crippen MR) is 105 cm³/mol. The van der Waals surface area contributed by atoms with Gasteiger partial charge in [0.15, 0.2) is 0 Å². The summed E-state index contributed by atoms with van der Waals surface area (Å²) >= 11 is 0. The molecule has 2 N–H and O–H groups in total. The molecule has 0 unspecified atom stereocenters. The second-order valence-corrected chi connectivity index (χ2v) is 7.87. The molecule has 3 heterocycles. The third kappa shape index (κ3) is 3.33. The van der Waals surface area contributed by atoms with Gasteiger partial charge in [-0.3, -0.25) is 0 Å². The summed E-state index contributed by atoms with van der Waals surface area (Å²) < 4.78 is 5.45. The zero-order chi connectivity index (χ0) is 18.1. The van der Waals surface area contributed by atoms with Crippen molar-refractivity contribution in [2.24, 2.45) is 5.41 Å². The molecule has 2 aliphatic heterocycles. The van der Waals surface area contributed by atoms with Gasteiger partial charge in [-0.25, -0.2) is 0 Å². The van der Waals surface area contributed by atoms with Crippen LogP contribution < -0.4 is 15.5 Å². The molecule has 0 bridgehead atoms. The molecule has 2 saturated heterocycles. The van der Waals surface area contributed by atoms with E-state index < -0.39 is 0 Å². The Labute approximate surface area is 155 Å². The van der Waals surface area contributed by atoms with E-state index in [1.54, 1.807) is 0 Å². The number of morpholine rings is 1. The quantitative estimate of drug-likeness (QED) is 0.915. The fraction of sp³-hybridized carbons (Fsp3) is 0.500. The first-order valence-electron chi connectivity index (χ1n) is 9.30. The number of nitrogens with zero attached hydrogens (tertiary/aromatic N) is 4. The van der Waals surface area contributed by atoms with E-state index in [4.69, 9.17) is 10.5 Å². The lowest BCUT2D eigenvalue weighted by Gasteiger charge is -2.29. The highest BCUT2D eigenvalue weighted by Gasteiger charge is 2.40. The third-order valence-corrected chi connectivity index (χ3v) is 5.52. The maximum atomic E-state index is 6.04. The summed E-state index contributed by atoms with van der Waals surface area (Å²) in [5.41, 5.74) is 7.59. The Morgan fingerprint density at radius 2 is 1.69 bits per heavy atom. The van der Waals surface area contributed by atoms with E-state index in [9.17, 15) is 0 Å². The minimum absolute atomic E-state index is 0.167. The molecule has 0 spiro atoms. The van der Waals surface area contributed by atoms with Crippen LogP contribution in [0.15, 0.2) is 36.4 Å². The molecule has 138 valence electrons. The van der Waals surface area contributed by atoms with E-state index in [-0.39, 0.29) is 5.41 Å². The fourth-order valence-corrected chi connectivity index (χ4v) is 4.11. The van der Waals surface area contributed by atoms with E-state index in [1.807, 2.05) is 0 Å². The smallest absolute Gasteiger partial charge is 0.223 e. The van der Waals surface area contributed by atoms with Crippen molar-refractivity contribution in [1.29, 1.82) is 0 Å². The van der Waals surface area contributed by atoms with Crippen molar-refractivity contribution < 1.29 is 4.74 Å². The van der Waals surface area contributed by atoms with Crippen molar-refractivity contribution in [3.63, 3.8) is 0 Å². The van der Waals surface area contributed by atoms with E-state index in [2.05, 4.69) is 70.0 Å². The molecule has 4 rings (SSSR count). The topological polar surface area (TPSA) is 67.5 Å². The Morgan fingerprint density at radius 1 is 1.04 bits per heavy atom. The molecule has 0 radical (unpaired) electrons. The van der Waals surface area contributed by atoms with Gasteiger partial charge in [0.2, 0.25) is 5.95 Å². The van der Waals surface area contributed by atoms with Gasteiger partial charge in [-0.15, -0.1) is 0 Å². The number of rotatable bonds is 3. The van der Waals surface area contributed by atoms with Crippen LogP contribution in [0, 0.1) is 5.41 Å². The Bertz CT molecular complexity index is 758. The van der Waals surface area contributed by atoms with Crippen LogP contribution in [0.5, 0.6) is 0 Å². The molecule has 1 aromatic heterocycles. The van der Waals surface area contributed by atoms with Crippen molar-refractivity contribution in [3.05, 3.63) is 42.0 Å². The first-order chi connectivity index (χ1) is 12.5. The summed E-state index contributed by atoms with van der Waals surface area (Å²) in [6.45, 7) is 9.69. The van der Waals surface area contributed by atoms with Crippen molar-refractivity contribution in [2.45, 2.75) is 19.8 Å². The summed E-state index contributed by atoms with van der Waals surface area (Å²) in [5, 5.41) is 0. The molecule has 0 amide bonds. The first-order valence-corrected chi connectivity index (χ1v) is 9.30. The lowest BCUT2D eigenvalue weighted by atomic mass is 9.78. The number of hydrogen-bond donors (Lipinski definition) is 1. The fourth-order valence-electron chi connectivity index (χ4n) is 4.11. The van der Waals surface area contributed by atoms with Gasteiger partial charge in [0.1, 0.15) is 11.6 Å². The zero-order valence-electron chi connectivity index (χ0n) is 15.6. The molecule has 6 nitrogen and oxygen atoms in total. The molecular weight excluding hydrogens is 326 g/mol. The minimum atomic E-state index is 0.167. The van der Waals surface area contributed by atoms with Crippen molar-refractivity contribution >= 4 is 17.6 Å². The van der Waals surface area contributed by atoms with Gasteiger partial charge < -0.3 is 20.3 Å². The van der Waals surface area contributed by atoms with Gasteiger partial charge in [0.25, 0.3) is 0 Å². The Kier molecular flexibility index (Phi) is 4.44. The van der Waals surface area contributed by atoms with Crippen LogP contribution in [0.25, 0.3) is 0 Å². The predicted octanol–water partition coefficient (Wildman–Crippen LogP) is 2.53. The highest BCUT2D eigenvalue weighted by atomic mass is 16.5. The number of hydrogen-bond acceptors (Lipinski definition) is 6. The maximum Gasteiger partial charge on any atom is 0.223 e. The number of nitrogen functional groups attached to an aromatic ring is 1. The van der Waals surface area contributed by atoms with Crippen LogP contribution >= 0.6 is 0 Å². The van der Waals surface area contributed by atoms with Gasteiger partial charge in [0, 0.05) is 38.2 Å². The zero-order valence-corrected chi connectivity index (χ0v) is 15.6. The average Bonchev–Trinajstić information content (AvgIpc) is 2.98. The molecule has 1 aromatic carbocycles. The summed E-state index contributed by atoms with van der Waals surface area (Å²) in [6.07, 6.45) is 0. The highest BCUT2D eigenvalue weighted by Crippen LogP contribution is 2.43. The van der Waals surface area contributed by atoms with Crippen LogP contribution in [-0.4, -0.2) is 49.4 Å². The van der Waals surface area contributed by atoms with E-state index in [0.29, 0.717) is 11.9 Å². The minimum Gasteiger partial charge on any atom is -0.378 e. The Hall–Kier alpha value is -2.34. The molecule has 2 fully saturated rings. The van der Waals surface area contributed by atoms with E-state index >= 15 is 0 Å². The number of benzene rings is 1. The first kappa shape index (κ1) is 17.1. The monoisotopic (exact) mass is 353 g/mol. The molecule has 26 heavy (non-hydrogen) atoms. The van der Waals surface area contributed by atoms with Gasteiger partial charge in [-0.1, -0.05) is 44.2 Å². The second-order valence-electron chi connectivity index (χ2n) is 7.87. The SMILES string of the molecule is CC1(C)CN(c2cc(N3CCOCC3)nc(N)n2)C[C@H]1c1ccccc1. The van der Waals surface area contributed by atoms with E-state index in [0.717, 1.165) is 51.0 Å². The molecule has 2 aliphatic rings. The standard InChI is InChI=1S/C20H27N5O/c1-20(2)14-25(13-16(20)15-6-4-3-5-7-15)18-12-17(22-19(21)23-18)24-8-10-26-11-9-24/h3-7,12,16H,8-11,13-14H2,1-2H3,(H2,21,22,23)/t16-/m0/s1. The van der Waals surface area contributed by atoms with Crippen LogP contribution in [-0.2, 0) is 4.74 Å². The van der Waals surface area contributed by atoms with Crippen LogP contribution in [0.2, 0.25) is 0 Å². The lowest BCUT2D eigenvalue weighted by molar-refractivity contribution is 0.122. The van der Waals surface area contributed by atoms with Gasteiger partial charge in [-0.05, 0) is 11.0 Å². The number of nitrogens with two attached hydrogens (primary N) is 1. The normalized spacial score (nSPS) is 22.6.